The van der Waals surface area contributed by atoms with Crippen molar-refractivity contribution in [3.05, 3.63) is 35.2 Å². The Hall–Kier alpha value is -1.39. The van der Waals surface area contributed by atoms with Crippen LogP contribution in [-0.4, -0.2) is 23.2 Å². The summed E-state index contributed by atoms with van der Waals surface area (Å²) in [5.74, 6) is 1.30. The number of halogens is 1. The highest BCUT2D eigenvalue weighted by Gasteiger charge is 2.20. The summed E-state index contributed by atoms with van der Waals surface area (Å²) >= 11 is 6.10. The van der Waals surface area contributed by atoms with Crippen molar-refractivity contribution in [3.63, 3.8) is 0 Å². The van der Waals surface area contributed by atoms with Crippen molar-refractivity contribution in [2.75, 3.05) is 7.05 Å². The molecule has 5 heteroatoms. The third-order valence-electron chi connectivity index (χ3n) is 3.15. The Kier molecular flexibility index (Phi) is 3.99. The highest BCUT2D eigenvalue weighted by atomic mass is 35.5. The van der Waals surface area contributed by atoms with E-state index < -0.39 is 0 Å². The summed E-state index contributed by atoms with van der Waals surface area (Å²) in [6.07, 6.45) is 0. The molecule has 0 spiro atoms. The van der Waals surface area contributed by atoms with Crippen LogP contribution in [0.2, 0.25) is 5.02 Å². The molecule has 2 rings (SSSR count). The molecule has 2 atom stereocenters. The summed E-state index contributed by atoms with van der Waals surface area (Å²) in [7, 11) is 1.91. The maximum atomic E-state index is 6.10. The number of hydrogen-bond donors (Lipinski definition) is 1. The van der Waals surface area contributed by atoms with Crippen LogP contribution in [0.15, 0.2) is 28.8 Å². The first kappa shape index (κ1) is 13.1. The minimum Gasteiger partial charge on any atom is -0.339 e. The molecule has 2 aromatic rings. The van der Waals surface area contributed by atoms with Crippen LogP contribution in [0.25, 0.3) is 11.4 Å². The van der Waals surface area contributed by atoms with Gasteiger partial charge in [0.2, 0.25) is 11.7 Å². The first-order valence-corrected chi connectivity index (χ1v) is 6.27. The van der Waals surface area contributed by atoms with E-state index in [1.54, 1.807) is 0 Å². The number of nitrogens with one attached hydrogen (secondary N) is 1. The molecular formula is C13H16ClN3O. The van der Waals surface area contributed by atoms with E-state index in [0.29, 0.717) is 16.7 Å². The number of benzene rings is 1. The molecule has 1 heterocycles. The lowest BCUT2D eigenvalue weighted by Crippen LogP contribution is -2.27. The van der Waals surface area contributed by atoms with Crippen LogP contribution >= 0.6 is 11.6 Å². The largest absolute Gasteiger partial charge is 0.339 e. The fourth-order valence-corrected chi connectivity index (χ4v) is 1.86. The predicted octanol–water partition coefficient (Wildman–Crippen LogP) is 3.10. The molecular weight excluding hydrogens is 250 g/mol. The molecule has 18 heavy (non-hydrogen) atoms. The summed E-state index contributed by atoms with van der Waals surface area (Å²) in [5.41, 5.74) is 0.790. The number of aromatic nitrogens is 2. The maximum absolute atomic E-state index is 6.10. The Bertz CT molecular complexity index is 526. The Morgan fingerprint density at radius 1 is 1.28 bits per heavy atom. The SMILES string of the molecule is CNC(C)C(C)c1nc(-c2ccccc2Cl)no1. The van der Waals surface area contributed by atoms with Gasteiger partial charge in [0, 0.05) is 11.6 Å². The lowest BCUT2D eigenvalue weighted by Gasteiger charge is -2.14. The van der Waals surface area contributed by atoms with E-state index in [1.807, 2.05) is 38.2 Å². The van der Waals surface area contributed by atoms with Gasteiger partial charge in [0.05, 0.1) is 10.9 Å². The van der Waals surface area contributed by atoms with E-state index in [4.69, 9.17) is 16.1 Å². The van der Waals surface area contributed by atoms with Gasteiger partial charge in [0.15, 0.2) is 0 Å². The smallest absolute Gasteiger partial charge is 0.231 e. The number of nitrogens with zero attached hydrogens (tertiary/aromatic N) is 2. The molecule has 0 aliphatic carbocycles. The van der Waals surface area contributed by atoms with Gasteiger partial charge >= 0.3 is 0 Å². The fourth-order valence-electron chi connectivity index (χ4n) is 1.64. The highest BCUT2D eigenvalue weighted by molar-refractivity contribution is 6.33. The minimum absolute atomic E-state index is 0.152. The van der Waals surface area contributed by atoms with E-state index in [9.17, 15) is 0 Å². The van der Waals surface area contributed by atoms with Crippen molar-refractivity contribution >= 4 is 11.6 Å². The van der Waals surface area contributed by atoms with Crippen LogP contribution in [0, 0.1) is 0 Å². The molecule has 0 bridgehead atoms. The summed E-state index contributed by atoms with van der Waals surface area (Å²) in [6.45, 7) is 4.12. The second kappa shape index (κ2) is 5.50. The number of likely N-dealkylation sites (N-methyl/N-ethyl adjacent to an activating group) is 1. The molecule has 1 aromatic heterocycles. The second-order valence-corrected chi connectivity index (χ2v) is 4.71. The first-order valence-electron chi connectivity index (χ1n) is 5.89. The molecule has 1 aromatic carbocycles. The van der Waals surface area contributed by atoms with Crippen molar-refractivity contribution in [2.45, 2.75) is 25.8 Å². The van der Waals surface area contributed by atoms with Crippen LogP contribution < -0.4 is 5.32 Å². The average Bonchev–Trinajstić information content (AvgIpc) is 2.87. The molecule has 0 radical (unpaired) electrons. The zero-order valence-corrected chi connectivity index (χ0v) is 11.4. The van der Waals surface area contributed by atoms with Crippen LogP contribution in [0.3, 0.4) is 0 Å². The average molecular weight is 266 g/mol. The molecule has 0 fully saturated rings. The monoisotopic (exact) mass is 265 g/mol. The summed E-state index contributed by atoms with van der Waals surface area (Å²) in [6, 6.07) is 7.73. The standard InChI is InChI=1S/C13H16ClN3O/c1-8(9(2)15-3)13-16-12(17-18-13)10-6-4-5-7-11(10)14/h4-9,15H,1-3H3. The molecule has 1 N–H and O–H groups in total. The minimum atomic E-state index is 0.152. The van der Waals surface area contributed by atoms with Gasteiger partial charge < -0.3 is 9.84 Å². The van der Waals surface area contributed by atoms with Gasteiger partial charge in [-0.3, -0.25) is 0 Å². The van der Waals surface area contributed by atoms with Crippen molar-refractivity contribution < 1.29 is 4.52 Å². The number of rotatable bonds is 4. The molecule has 0 aliphatic heterocycles. The van der Waals surface area contributed by atoms with Crippen LogP contribution in [0.4, 0.5) is 0 Å². The molecule has 0 aliphatic rings. The zero-order chi connectivity index (χ0) is 13.1. The normalized spacial score (nSPS) is 14.4. The van der Waals surface area contributed by atoms with Gasteiger partial charge in [-0.15, -0.1) is 0 Å². The molecule has 4 nitrogen and oxygen atoms in total. The van der Waals surface area contributed by atoms with Crippen LogP contribution in [0.5, 0.6) is 0 Å². The number of hydrogen-bond acceptors (Lipinski definition) is 4. The van der Waals surface area contributed by atoms with Crippen LogP contribution in [-0.2, 0) is 0 Å². The van der Waals surface area contributed by atoms with Gasteiger partial charge in [-0.1, -0.05) is 35.8 Å². The fraction of sp³-hybridized carbons (Fsp3) is 0.385. The van der Waals surface area contributed by atoms with E-state index >= 15 is 0 Å². The van der Waals surface area contributed by atoms with Crippen LogP contribution in [0.1, 0.15) is 25.7 Å². The Morgan fingerprint density at radius 3 is 2.67 bits per heavy atom. The highest BCUT2D eigenvalue weighted by Crippen LogP contribution is 2.27. The maximum Gasteiger partial charge on any atom is 0.231 e. The van der Waals surface area contributed by atoms with Gasteiger partial charge in [0.1, 0.15) is 0 Å². The third-order valence-corrected chi connectivity index (χ3v) is 3.48. The Balaban J connectivity index is 2.29. The zero-order valence-electron chi connectivity index (χ0n) is 10.6. The van der Waals surface area contributed by atoms with E-state index in [-0.39, 0.29) is 12.0 Å². The summed E-state index contributed by atoms with van der Waals surface area (Å²) in [5, 5.41) is 7.78. The topological polar surface area (TPSA) is 51.0 Å². The Labute approximate surface area is 111 Å². The third kappa shape index (κ3) is 2.54. The molecule has 0 saturated carbocycles. The van der Waals surface area contributed by atoms with E-state index in [2.05, 4.69) is 22.4 Å². The van der Waals surface area contributed by atoms with Crippen molar-refractivity contribution in [1.29, 1.82) is 0 Å². The van der Waals surface area contributed by atoms with Crippen molar-refractivity contribution in [3.8, 4) is 11.4 Å². The van der Waals surface area contributed by atoms with Crippen molar-refractivity contribution in [2.24, 2.45) is 0 Å². The summed E-state index contributed by atoms with van der Waals surface area (Å²) < 4.78 is 5.30. The quantitative estimate of drug-likeness (QED) is 0.923. The second-order valence-electron chi connectivity index (χ2n) is 4.30. The lowest BCUT2D eigenvalue weighted by molar-refractivity contribution is 0.336. The van der Waals surface area contributed by atoms with Gasteiger partial charge in [-0.05, 0) is 26.1 Å². The molecule has 96 valence electrons. The van der Waals surface area contributed by atoms with E-state index in [1.165, 1.54) is 0 Å². The van der Waals surface area contributed by atoms with E-state index in [0.717, 1.165) is 5.56 Å². The Morgan fingerprint density at radius 2 is 2.00 bits per heavy atom. The van der Waals surface area contributed by atoms with Gasteiger partial charge in [-0.25, -0.2) is 0 Å². The lowest BCUT2D eigenvalue weighted by atomic mass is 10.0. The molecule has 2 unspecified atom stereocenters. The molecule has 0 amide bonds. The predicted molar refractivity (Wildman–Crippen MR) is 71.7 cm³/mol. The van der Waals surface area contributed by atoms with Gasteiger partial charge in [0.25, 0.3) is 0 Å². The first-order chi connectivity index (χ1) is 8.63. The van der Waals surface area contributed by atoms with Crippen molar-refractivity contribution in [1.82, 2.24) is 15.5 Å². The van der Waals surface area contributed by atoms with Gasteiger partial charge in [-0.2, -0.15) is 4.98 Å². The summed E-state index contributed by atoms with van der Waals surface area (Å²) in [4.78, 5) is 4.41. The molecule has 0 saturated heterocycles.